The first-order chi connectivity index (χ1) is 10.5. The van der Waals surface area contributed by atoms with E-state index in [2.05, 4.69) is 9.88 Å². The lowest BCUT2D eigenvalue weighted by molar-refractivity contribution is -0.149. The third-order valence-electron chi connectivity index (χ3n) is 4.48. The lowest BCUT2D eigenvalue weighted by Gasteiger charge is -2.33. The van der Waals surface area contributed by atoms with Gasteiger partial charge in [0, 0.05) is 41.3 Å². The molecule has 6 heteroatoms. The van der Waals surface area contributed by atoms with Gasteiger partial charge in [-0.25, -0.2) is 0 Å². The maximum absolute atomic E-state index is 11.2. The molecule has 5 nitrogen and oxygen atoms in total. The summed E-state index contributed by atoms with van der Waals surface area (Å²) in [5, 5.41) is 20.8. The Hall–Kier alpha value is -1.56. The maximum Gasteiger partial charge on any atom is 0.310 e. The van der Waals surface area contributed by atoms with E-state index in [1.165, 1.54) is 0 Å². The number of aliphatic hydroxyl groups excluding tert-OH is 1. The van der Waals surface area contributed by atoms with E-state index in [4.69, 9.17) is 11.6 Å². The van der Waals surface area contributed by atoms with Crippen LogP contribution in [0.25, 0.3) is 10.9 Å². The van der Waals surface area contributed by atoms with E-state index in [1.54, 1.807) is 0 Å². The molecule has 22 heavy (non-hydrogen) atoms. The van der Waals surface area contributed by atoms with Crippen LogP contribution in [0, 0.1) is 12.8 Å². The first kappa shape index (κ1) is 15.3. The summed E-state index contributed by atoms with van der Waals surface area (Å²) in [6.07, 6.45) is -0.265. The van der Waals surface area contributed by atoms with Gasteiger partial charge in [-0.2, -0.15) is 0 Å². The number of carboxylic acids is 1. The highest BCUT2D eigenvalue weighted by atomic mass is 35.5. The van der Waals surface area contributed by atoms with Crippen molar-refractivity contribution in [3.05, 3.63) is 34.5 Å². The van der Waals surface area contributed by atoms with Crippen LogP contribution >= 0.6 is 11.6 Å². The van der Waals surface area contributed by atoms with Crippen LogP contribution in [0.4, 0.5) is 0 Å². The number of likely N-dealkylation sites (tertiary alicyclic amines) is 1. The maximum atomic E-state index is 11.2. The number of H-pyrrole nitrogens is 1. The van der Waals surface area contributed by atoms with Gasteiger partial charge < -0.3 is 15.2 Å². The fraction of sp³-hybridized carbons (Fsp3) is 0.438. The molecule has 1 aromatic heterocycles. The Morgan fingerprint density at radius 3 is 3.00 bits per heavy atom. The van der Waals surface area contributed by atoms with E-state index in [-0.39, 0.29) is 0 Å². The normalized spacial score (nSPS) is 23.0. The molecule has 0 aliphatic carbocycles. The topological polar surface area (TPSA) is 76.6 Å². The van der Waals surface area contributed by atoms with Crippen LogP contribution in [-0.4, -0.2) is 45.3 Å². The lowest BCUT2D eigenvalue weighted by atomic mass is 9.94. The van der Waals surface area contributed by atoms with Gasteiger partial charge in [0.2, 0.25) is 0 Å². The highest BCUT2D eigenvalue weighted by molar-refractivity contribution is 6.31. The lowest BCUT2D eigenvalue weighted by Crippen LogP contribution is -2.46. The number of aryl methyl sites for hydroxylation is 1. The number of nitrogens with one attached hydrogen (secondary N) is 1. The number of aromatic amines is 1. The second kappa shape index (κ2) is 5.91. The van der Waals surface area contributed by atoms with Gasteiger partial charge in [-0.15, -0.1) is 0 Å². The number of carbonyl (C=O) groups is 1. The number of hydrogen-bond donors (Lipinski definition) is 3. The van der Waals surface area contributed by atoms with E-state index in [0.717, 1.165) is 22.2 Å². The smallest absolute Gasteiger partial charge is 0.310 e. The van der Waals surface area contributed by atoms with Crippen molar-refractivity contribution in [3.8, 4) is 0 Å². The Balaban J connectivity index is 1.81. The number of carboxylic acid groups (broad SMARTS) is 1. The monoisotopic (exact) mass is 322 g/mol. The van der Waals surface area contributed by atoms with E-state index in [1.807, 2.05) is 25.1 Å². The predicted molar refractivity (Wildman–Crippen MR) is 85.1 cm³/mol. The number of fused-ring (bicyclic) bond motifs is 1. The molecular weight excluding hydrogens is 304 g/mol. The van der Waals surface area contributed by atoms with Crippen LogP contribution < -0.4 is 0 Å². The fourth-order valence-electron chi connectivity index (χ4n) is 3.13. The minimum Gasteiger partial charge on any atom is -0.481 e. The van der Waals surface area contributed by atoms with Gasteiger partial charge in [0.25, 0.3) is 0 Å². The van der Waals surface area contributed by atoms with Crippen LogP contribution in [0.15, 0.2) is 18.2 Å². The molecular formula is C16H19ClN2O3. The Bertz CT molecular complexity index is 713. The molecule has 1 fully saturated rings. The van der Waals surface area contributed by atoms with Gasteiger partial charge in [0.15, 0.2) is 0 Å². The zero-order chi connectivity index (χ0) is 15.9. The number of aliphatic carboxylic acids is 1. The van der Waals surface area contributed by atoms with E-state index >= 15 is 0 Å². The minimum atomic E-state index is -0.933. The number of piperidine rings is 1. The van der Waals surface area contributed by atoms with E-state index in [0.29, 0.717) is 31.1 Å². The van der Waals surface area contributed by atoms with Crippen molar-refractivity contribution in [2.24, 2.45) is 5.92 Å². The molecule has 3 N–H and O–H groups in total. The van der Waals surface area contributed by atoms with Gasteiger partial charge in [0.1, 0.15) is 0 Å². The summed E-state index contributed by atoms with van der Waals surface area (Å²) in [7, 11) is 0. The van der Waals surface area contributed by atoms with Gasteiger partial charge in [0.05, 0.1) is 12.0 Å². The van der Waals surface area contributed by atoms with Gasteiger partial charge in [-0.1, -0.05) is 11.6 Å². The van der Waals surface area contributed by atoms with Crippen molar-refractivity contribution in [1.82, 2.24) is 9.88 Å². The minimum absolute atomic E-state index is 0.367. The SMILES string of the molecule is Cc1c(CN2CC[C@H](O)[C@H](C(=O)O)C2)[nH]c2ccc(Cl)cc12. The van der Waals surface area contributed by atoms with Gasteiger partial charge in [-0.05, 0) is 37.1 Å². The quantitative estimate of drug-likeness (QED) is 0.811. The highest BCUT2D eigenvalue weighted by Crippen LogP contribution is 2.27. The second-order valence-electron chi connectivity index (χ2n) is 5.95. The van der Waals surface area contributed by atoms with Crippen molar-refractivity contribution in [3.63, 3.8) is 0 Å². The molecule has 118 valence electrons. The van der Waals surface area contributed by atoms with Gasteiger partial charge in [-0.3, -0.25) is 9.69 Å². The number of rotatable bonds is 3. The molecule has 1 saturated heterocycles. The van der Waals surface area contributed by atoms with E-state index in [9.17, 15) is 15.0 Å². The predicted octanol–water partition coefficient (Wildman–Crippen LogP) is 2.40. The largest absolute Gasteiger partial charge is 0.481 e. The highest BCUT2D eigenvalue weighted by Gasteiger charge is 2.33. The van der Waals surface area contributed by atoms with Crippen molar-refractivity contribution >= 4 is 28.5 Å². The van der Waals surface area contributed by atoms with Crippen molar-refractivity contribution in [1.29, 1.82) is 0 Å². The summed E-state index contributed by atoms with van der Waals surface area (Å²) in [6, 6.07) is 5.74. The second-order valence-corrected chi connectivity index (χ2v) is 6.39. The number of aliphatic hydroxyl groups is 1. The molecule has 0 spiro atoms. The third kappa shape index (κ3) is 2.84. The summed E-state index contributed by atoms with van der Waals surface area (Å²) in [6.45, 7) is 3.75. The molecule has 0 radical (unpaired) electrons. The molecule has 2 aromatic rings. The molecule has 2 heterocycles. The standard InChI is InChI=1S/C16H19ClN2O3/c1-9-11-6-10(17)2-3-13(11)18-14(9)8-19-5-4-15(20)12(7-19)16(21)22/h2-3,6,12,15,18,20H,4-5,7-8H2,1H3,(H,21,22)/t12-,15+/m1/s1. The van der Waals surface area contributed by atoms with Crippen LogP contribution in [0.3, 0.4) is 0 Å². The van der Waals surface area contributed by atoms with E-state index < -0.39 is 18.0 Å². The molecule has 0 saturated carbocycles. The number of benzene rings is 1. The molecule has 0 amide bonds. The molecule has 1 aromatic carbocycles. The Kier molecular flexibility index (Phi) is 4.12. The molecule has 2 atom stereocenters. The van der Waals surface area contributed by atoms with Crippen molar-refractivity contribution in [2.75, 3.05) is 13.1 Å². The third-order valence-corrected chi connectivity index (χ3v) is 4.72. The Morgan fingerprint density at radius 2 is 2.27 bits per heavy atom. The number of hydrogen-bond acceptors (Lipinski definition) is 3. The van der Waals surface area contributed by atoms with Gasteiger partial charge >= 0.3 is 5.97 Å². The number of aromatic nitrogens is 1. The Labute approximate surface area is 133 Å². The first-order valence-electron chi connectivity index (χ1n) is 7.35. The fourth-order valence-corrected chi connectivity index (χ4v) is 3.30. The summed E-state index contributed by atoms with van der Waals surface area (Å²) in [5.41, 5.74) is 3.23. The zero-order valence-corrected chi connectivity index (χ0v) is 13.1. The average Bonchev–Trinajstić information content (AvgIpc) is 2.77. The van der Waals surface area contributed by atoms with Crippen LogP contribution in [0.1, 0.15) is 17.7 Å². The number of nitrogens with zero attached hydrogens (tertiary/aromatic N) is 1. The summed E-state index contributed by atoms with van der Waals surface area (Å²) in [4.78, 5) is 16.7. The van der Waals surface area contributed by atoms with Crippen molar-refractivity contribution < 1.29 is 15.0 Å². The first-order valence-corrected chi connectivity index (χ1v) is 7.73. The Morgan fingerprint density at radius 1 is 1.50 bits per heavy atom. The molecule has 1 aliphatic heterocycles. The summed E-state index contributed by atoms with van der Waals surface area (Å²) >= 11 is 6.04. The molecule has 0 bridgehead atoms. The molecule has 1 aliphatic rings. The zero-order valence-electron chi connectivity index (χ0n) is 12.3. The molecule has 0 unspecified atom stereocenters. The summed E-state index contributed by atoms with van der Waals surface area (Å²) < 4.78 is 0. The number of halogens is 1. The summed E-state index contributed by atoms with van der Waals surface area (Å²) in [5.74, 6) is -1.65. The molecule has 3 rings (SSSR count). The van der Waals surface area contributed by atoms with Crippen LogP contribution in [0.2, 0.25) is 5.02 Å². The van der Waals surface area contributed by atoms with Crippen LogP contribution in [-0.2, 0) is 11.3 Å². The van der Waals surface area contributed by atoms with Crippen molar-refractivity contribution in [2.45, 2.75) is 26.0 Å². The van der Waals surface area contributed by atoms with Crippen LogP contribution in [0.5, 0.6) is 0 Å². The average molecular weight is 323 g/mol.